The topological polar surface area (TPSA) is 46.1 Å². The van der Waals surface area contributed by atoms with Crippen molar-refractivity contribution in [2.24, 2.45) is 0 Å². The lowest BCUT2D eigenvalue weighted by Gasteiger charge is -2.17. The van der Waals surface area contributed by atoms with Crippen molar-refractivity contribution in [3.05, 3.63) is 44.6 Å². The molecule has 21 heavy (non-hydrogen) atoms. The minimum atomic E-state index is -0.0611. The van der Waals surface area contributed by atoms with E-state index in [9.17, 15) is 4.79 Å². The maximum absolute atomic E-state index is 12.5. The van der Waals surface area contributed by atoms with E-state index in [1.807, 2.05) is 26.8 Å². The highest BCUT2D eigenvalue weighted by atomic mass is 35.5. The predicted octanol–water partition coefficient (Wildman–Crippen LogP) is 3.90. The summed E-state index contributed by atoms with van der Waals surface area (Å²) in [5, 5.41) is 0.354. The fourth-order valence-electron chi connectivity index (χ4n) is 1.92. The fraction of sp³-hybridized carbons (Fsp3) is 0.400. The van der Waals surface area contributed by atoms with E-state index in [1.54, 1.807) is 34.9 Å². The second-order valence-electron chi connectivity index (χ2n) is 5.28. The molecule has 6 heteroatoms. The first kappa shape index (κ1) is 15.9. The van der Waals surface area contributed by atoms with Gasteiger partial charge in [0.2, 0.25) is 0 Å². The summed E-state index contributed by atoms with van der Waals surface area (Å²) in [6.45, 7) is 6.55. The van der Waals surface area contributed by atoms with Crippen LogP contribution in [0.3, 0.4) is 0 Å². The van der Waals surface area contributed by atoms with Crippen LogP contribution in [0.5, 0.6) is 0 Å². The molecule has 0 atom stereocenters. The van der Waals surface area contributed by atoms with Crippen molar-refractivity contribution >= 4 is 28.8 Å². The van der Waals surface area contributed by atoms with Gasteiger partial charge in [-0.05, 0) is 25.0 Å². The summed E-state index contributed by atoms with van der Waals surface area (Å²) >= 11 is 7.58. The zero-order valence-corrected chi connectivity index (χ0v) is 14.1. The Bertz CT molecular complexity index is 654. The second-order valence-corrected chi connectivity index (χ2v) is 6.61. The van der Waals surface area contributed by atoms with E-state index >= 15 is 0 Å². The molecule has 0 N–H and O–H groups in total. The average molecular weight is 324 g/mol. The molecule has 112 valence electrons. The van der Waals surface area contributed by atoms with Crippen LogP contribution in [-0.2, 0) is 6.54 Å². The molecule has 0 unspecified atom stereocenters. The average Bonchev–Trinajstić information content (AvgIpc) is 2.82. The van der Waals surface area contributed by atoms with Crippen LogP contribution in [-0.4, -0.2) is 27.8 Å². The number of nitrogens with zero attached hydrogens (tertiary/aromatic N) is 3. The second kappa shape index (κ2) is 6.54. The third-order valence-electron chi connectivity index (χ3n) is 3.22. The molecule has 0 saturated carbocycles. The number of hydrogen-bond donors (Lipinski definition) is 0. The minimum absolute atomic E-state index is 0.0611. The molecule has 0 aromatic carbocycles. The Balaban J connectivity index is 2.21. The molecule has 2 heterocycles. The number of thiazole rings is 1. The van der Waals surface area contributed by atoms with E-state index in [-0.39, 0.29) is 11.8 Å². The number of pyridine rings is 1. The Morgan fingerprint density at radius 1 is 1.43 bits per heavy atom. The molecule has 0 spiro atoms. The first-order valence-corrected chi connectivity index (χ1v) is 7.96. The molecule has 2 aromatic heterocycles. The summed E-state index contributed by atoms with van der Waals surface area (Å²) in [6, 6.07) is 3.43. The van der Waals surface area contributed by atoms with Crippen LogP contribution in [0.25, 0.3) is 0 Å². The summed E-state index contributed by atoms with van der Waals surface area (Å²) in [7, 11) is 1.78. The van der Waals surface area contributed by atoms with Gasteiger partial charge in [-0.25, -0.2) is 9.97 Å². The molecule has 0 aliphatic rings. The molecule has 4 nitrogen and oxygen atoms in total. The van der Waals surface area contributed by atoms with E-state index in [4.69, 9.17) is 11.6 Å². The highest BCUT2D eigenvalue weighted by Gasteiger charge is 2.16. The molecule has 0 aliphatic carbocycles. The van der Waals surface area contributed by atoms with Gasteiger partial charge >= 0.3 is 0 Å². The van der Waals surface area contributed by atoms with Crippen molar-refractivity contribution in [3.63, 3.8) is 0 Å². The summed E-state index contributed by atoms with van der Waals surface area (Å²) in [5.41, 5.74) is 4.16. The molecule has 1 amide bonds. The maximum atomic E-state index is 12.5. The van der Waals surface area contributed by atoms with Gasteiger partial charge in [-0.3, -0.25) is 4.79 Å². The lowest BCUT2D eigenvalue weighted by Crippen LogP contribution is -2.26. The van der Waals surface area contributed by atoms with Gasteiger partial charge in [0, 0.05) is 23.2 Å². The van der Waals surface area contributed by atoms with Crippen molar-refractivity contribution in [1.29, 1.82) is 0 Å². The Kier molecular flexibility index (Phi) is 4.96. The van der Waals surface area contributed by atoms with Crippen LogP contribution in [0.2, 0.25) is 5.15 Å². The van der Waals surface area contributed by atoms with Crippen molar-refractivity contribution in [1.82, 2.24) is 14.9 Å². The third kappa shape index (κ3) is 3.80. The van der Waals surface area contributed by atoms with Crippen LogP contribution in [0.15, 0.2) is 17.6 Å². The SMILES string of the molecule is Cc1ncsc1CN(C)C(=O)c1cc(Cl)nc(C(C)C)c1. The summed E-state index contributed by atoms with van der Waals surface area (Å²) in [5.74, 6) is 0.165. The normalized spacial score (nSPS) is 11.0. The highest BCUT2D eigenvalue weighted by molar-refractivity contribution is 7.09. The first-order valence-electron chi connectivity index (χ1n) is 6.70. The van der Waals surface area contributed by atoms with Gasteiger partial charge in [0.1, 0.15) is 5.15 Å². The van der Waals surface area contributed by atoms with Crippen molar-refractivity contribution in [2.45, 2.75) is 33.2 Å². The Morgan fingerprint density at radius 3 is 2.71 bits per heavy atom. The zero-order chi connectivity index (χ0) is 15.6. The van der Waals surface area contributed by atoms with Gasteiger partial charge < -0.3 is 4.90 Å². The van der Waals surface area contributed by atoms with Crippen LogP contribution in [0.4, 0.5) is 0 Å². The number of carbonyl (C=O) groups excluding carboxylic acids is 1. The molecule has 0 radical (unpaired) electrons. The van der Waals surface area contributed by atoms with Gasteiger partial charge in [-0.15, -0.1) is 11.3 Å². The third-order valence-corrected chi connectivity index (χ3v) is 4.34. The van der Waals surface area contributed by atoms with E-state index in [0.717, 1.165) is 16.3 Å². The molecule has 0 bridgehead atoms. The van der Waals surface area contributed by atoms with Gasteiger partial charge in [-0.2, -0.15) is 0 Å². The molecule has 2 aromatic rings. The Morgan fingerprint density at radius 2 is 2.14 bits per heavy atom. The van der Waals surface area contributed by atoms with Crippen LogP contribution < -0.4 is 0 Å². The molecule has 0 saturated heterocycles. The van der Waals surface area contributed by atoms with Gasteiger partial charge in [0.05, 0.1) is 17.7 Å². The summed E-state index contributed by atoms with van der Waals surface area (Å²) < 4.78 is 0. The molecular formula is C15H18ClN3OS. The quantitative estimate of drug-likeness (QED) is 0.802. The monoisotopic (exact) mass is 323 g/mol. The molecule has 2 rings (SSSR count). The van der Waals surface area contributed by atoms with E-state index < -0.39 is 0 Å². The first-order chi connectivity index (χ1) is 9.88. The molecule has 0 fully saturated rings. The number of aryl methyl sites for hydroxylation is 1. The number of halogens is 1. The number of amides is 1. The number of hydrogen-bond acceptors (Lipinski definition) is 4. The van der Waals surface area contributed by atoms with Gasteiger partial charge in [-0.1, -0.05) is 25.4 Å². The van der Waals surface area contributed by atoms with Crippen LogP contribution >= 0.6 is 22.9 Å². The lowest BCUT2D eigenvalue weighted by molar-refractivity contribution is 0.0786. The van der Waals surface area contributed by atoms with Gasteiger partial charge in [0.15, 0.2) is 0 Å². The lowest BCUT2D eigenvalue weighted by atomic mass is 10.1. The standard InChI is InChI=1S/C15H18ClN3OS/c1-9(2)12-5-11(6-14(16)18-12)15(20)19(4)7-13-10(3)17-8-21-13/h5-6,8-9H,7H2,1-4H3. The minimum Gasteiger partial charge on any atom is -0.336 e. The fourth-order valence-corrected chi connectivity index (χ4v) is 2.97. The largest absolute Gasteiger partial charge is 0.336 e. The van der Waals surface area contributed by atoms with Gasteiger partial charge in [0.25, 0.3) is 5.91 Å². The van der Waals surface area contributed by atoms with Crippen LogP contribution in [0.1, 0.15) is 46.4 Å². The van der Waals surface area contributed by atoms with Crippen molar-refractivity contribution < 1.29 is 4.79 Å². The molecular weight excluding hydrogens is 306 g/mol. The number of rotatable bonds is 4. The number of aromatic nitrogens is 2. The maximum Gasteiger partial charge on any atom is 0.254 e. The highest BCUT2D eigenvalue weighted by Crippen LogP contribution is 2.20. The van der Waals surface area contributed by atoms with Crippen molar-refractivity contribution in [3.8, 4) is 0 Å². The Hall–Kier alpha value is -1.46. The summed E-state index contributed by atoms with van der Waals surface area (Å²) in [4.78, 5) is 23.8. The smallest absolute Gasteiger partial charge is 0.254 e. The molecule has 0 aliphatic heterocycles. The van der Waals surface area contributed by atoms with Crippen LogP contribution in [0, 0.1) is 6.92 Å². The number of carbonyl (C=O) groups is 1. The Labute approximate surface area is 133 Å². The van der Waals surface area contributed by atoms with E-state index in [0.29, 0.717) is 17.3 Å². The predicted molar refractivity (Wildman–Crippen MR) is 86.0 cm³/mol. The summed E-state index contributed by atoms with van der Waals surface area (Å²) in [6.07, 6.45) is 0. The van der Waals surface area contributed by atoms with E-state index in [1.165, 1.54) is 0 Å². The van der Waals surface area contributed by atoms with Crippen molar-refractivity contribution in [2.75, 3.05) is 7.05 Å². The van der Waals surface area contributed by atoms with E-state index in [2.05, 4.69) is 9.97 Å². The zero-order valence-electron chi connectivity index (χ0n) is 12.6.